The summed E-state index contributed by atoms with van der Waals surface area (Å²) in [5.74, 6) is -0.363. The summed E-state index contributed by atoms with van der Waals surface area (Å²) in [5, 5.41) is 7.35. The quantitative estimate of drug-likeness (QED) is 0.469. The van der Waals surface area contributed by atoms with E-state index in [1.54, 1.807) is 15.4 Å². The SMILES string of the molecule is Cc1ccccc1NC(=O)[C@H]1[C@H]2c3ccccc3O[C@@]1(C)N=c1sc(=Cc3cnn(C)c3C)c(=O)n12. The van der Waals surface area contributed by atoms with Gasteiger partial charge in [-0.2, -0.15) is 5.10 Å². The molecule has 2 aromatic heterocycles. The van der Waals surface area contributed by atoms with E-state index in [9.17, 15) is 9.59 Å². The van der Waals surface area contributed by atoms with Crippen LogP contribution < -0.4 is 24.9 Å². The fourth-order valence-electron chi connectivity index (χ4n) is 5.07. The zero-order valence-electron chi connectivity index (χ0n) is 20.4. The molecule has 4 heterocycles. The van der Waals surface area contributed by atoms with E-state index in [1.807, 2.05) is 82.4 Å². The lowest BCUT2D eigenvalue weighted by Crippen LogP contribution is -2.59. The number of aryl methyl sites for hydroxylation is 2. The Morgan fingerprint density at radius 3 is 2.67 bits per heavy atom. The number of fused-ring (bicyclic) bond motifs is 6. The average Bonchev–Trinajstić information content (AvgIpc) is 3.32. The summed E-state index contributed by atoms with van der Waals surface area (Å²) in [7, 11) is 1.87. The highest BCUT2D eigenvalue weighted by Crippen LogP contribution is 2.47. The number of nitrogens with zero attached hydrogens (tertiary/aromatic N) is 4. The van der Waals surface area contributed by atoms with Crippen molar-refractivity contribution in [1.82, 2.24) is 14.3 Å². The van der Waals surface area contributed by atoms with Crippen molar-refractivity contribution in [2.24, 2.45) is 18.0 Å². The Labute approximate surface area is 211 Å². The molecule has 1 N–H and O–H groups in total. The first kappa shape index (κ1) is 22.5. The third-order valence-corrected chi connectivity index (χ3v) is 8.11. The predicted octanol–water partition coefficient (Wildman–Crippen LogP) is 2.68. The molecule has 182 valence electrons. The molecule has 3 atom stereocenters. The van der Waals surface area contributed by atoms with Crippen molar-refractivity contribution in [3.63, 3.8) is 0 Å². The number of amides is 1. The van der Waals surface area contributed by atoms with Crippen molar-refractivity contribution in [2.45, 2.75) is 32.5 Å². The zero-order valence-corrected chi connectivity index (χ0v) is 21.2. The van der Waals surface area contributed by atoms with Crippen LogP contribution in [0.3, 0.4) is 0 Å². The van der Waals surface area contributed by atoms with Gasteiger partial charge in [0.15, 0.2) is 4.80 Å². The first-order valence-electron chi connectivity index (χ1n) is 11.7. The van der Waals surface area contributed by atoms with Crippen molar-refractivity contribution in [3.8, 4) is 5.75 Å². The molecule has 0 saturated heterocycles. The summed E-state index contributed by atoms with van der Waals surface area (Å²) in [5.41, 5.74) is 2.94. The van der Waals surface area contributed by atoms with Gasteiger partial charge in [0.25, 0.3) is 5.56 Å². The van der Waals surface area contributed by atoms with Crippen LogP contribution in [0.4, 0.5) is 5.69 Å². The van der Waals surface area contributed by atoms with Gasteiger partial charge in [-0.25, -0.2) is 4.99 Å². The molecule has 8 nitrogen and oxygen atoms in total. The van der Waals surface area contributed by atoms with Crippen molar-refractivity contribution >= 4 is 29.0 Å². The van der Waals surface area contributed by atoms with E-state index in [0.717, 1.165) is 28.1 Å². The molecule has 36 heavy (non-hydrogen) atoms. The van der Waals surface area contributed by atoms with Gasteiger partial charge in [0.2, 0.25) is 11.6 Å². The highest BCUT2D eigenvalue weighted by Gasteiger charge is 2.55. The Morgan fingerprint density at radius 2 is 1.92 bits per heavy atom. The van der Waals surface area contributed by atoms with Gasteiger partial charge >= 0.3 is 0 Å². The van der Waals surface area contributed by atoms with Gasteiger partial charge in [-0.15, -0.1) is 0 Å². The number of ether oxygens (including phenoxy) is 1. The summed E-state index contributed by atoms with van der Waals surface area (Å²) in [6.45, 7) is 5.72. The van der Waals surface area contributed by atoms with Crippen LogP contribution in [-0.4, -0.2) is 26.0 Å². The van der Waals surface area contributed by atoms with Crippen LogP contribution in [0.5, 0.6) is 5.75 Å². The maximum atomic E-state index is 13.8. The highest BCUT2D eigenvalue weighted by atomic mass is 32.1. The van der Waals surface area contributed by atoms with Gasteiger partial charge in [0.1, 0.15) is 11.7 Å². The van der Waals surface area contributed by atoms with E-state index in [0.29, 0.717) is 15.1 Å². The Bertz CT molecular complexity index is 1720. The standard InChI is InChI=1S/C27H25N5O3S/c1-15-9-5-7-11-19(15)29-24(33)22-23-18-10-6-8-12-20(18)35-27(22,3)30-26-32(23)25(34)21(36-26)13-17-14-28-31(4)16(17)2/h5-14,22-23H,1-4H3,(H,29,33)/t22-,23-,27-/m1/s1. The summed E-state index contributed by atoms with van der Waals surface area (Å²) in [6.07, 6.45) is 3.59. The molecule has 0 saturated carbocycles. The van der Waals surface area contributed by atoms with Crippen molar-refractivity contribution in [3.05, 3.63) is 96.8 Å². The van der Waals surface area contributed by atoms with Gasteiger partial charge in [-0.05, 0) is 44.5 Å². The van der Waals surface area contributed by atoms with Gasteiger partial charge in [0, 0.05) is 29.6 Å². The number of hydrogen-bond acceptors (Lipinski definition) is 6. The van der Waals surface area contributed by atoms with Gasteiger partial charge in [0.05, 0.1) is 16.8 Å². The molecule has 0 unspecified atom stereocenters. The number of para-hydroxylation sites is 2. The number of rotatable bonds is 3. The topological polar surface area (TPSA) is 90.5 Å². The average molecular weight is 500 g/mol. The van der Waals surface area contributed by atoms with Crippen molar-refractivity contribution in [1.29, 1.82) is 0 Å². The fraction of sp³-hybridized carbons (Fsp3) is 0.259. The summed E-state index contributed by atoms with van der Waals surface area (Å²) < 4.78 is 10.3. The lowest BCUT2D eigenvalue weighted by molar-refractivity contribution is -0.131. The summed E-state index contributed by atoms with van der Waals surface area (Å²) >= 11 is 1.30. The molecule has 0 fully saturated rings. The van der Waals surface area contributed by atoms with Crippen LogP contribution in [0.25, 0.3) is 6.08 Å². The minimum Gasteiger partial charge on any atom is -0.465 e. The minimum atomic E-state index is -1.18. The first-order valence-corrected chi connectivity index (χ1v) is 12.5. The second-order valence-electron chi connectivity index (χ2n) is 9.41. The van der Waals surface area contributed by atoms with Crippen LogP contribution >= 0.6 is 11.3 Å². The van der Waals surface area contributed by atoms with Crippen LogP contribution in [0.1, 0.15) is 35.3 Å². The number of aromatic nitrogens is 3. The summed E-state index contributed by atoms with van der Waals surface area (Å²) in [6, 6.07) is 14.6. The molecular formula is C27H25N5O3S. The number of carbonyl (C=O) groups excluding carboxylic acids is 1. The van der Waals surface area contributed by atoms with E-state index < -0.39 is 17.7 Å². The van der Waals surface area contributed by atoms with Crippen LogP contribution in [-0.2, 0) is 11.8 Å². The Balaban J connectivity index is 1.55. The number of carbonyl (C=O) groups is 1. The lowest BCUT2D eigenvalue weighted by Gasteiger charge is -2.45. The normalized spacial score (nSPS) is 22.3. The Morgan fingerprint density at radius 1 is 1.17 bits per heavy atom. The van der Waals surface area contributed by atoms with Gasteiger partial charge < -0.3 is 10.1 Å². The molecule has 0 radical (unpaired) electrons. The minimum absolute atomic E-state index is 0.181. The number of thiazole rings is 1. The third kappa shape index (κ3) is 3.34. The maximum Gasteiger partial charge on any atom is 0.270 e. The smallest absolute Gasteiger partial charge is 0.270 e. The molecule has 2 aromatic carbocycles. The van der Waals surface area contributed by atoms with E-state index in [2.05, 4.69) is 10.4 Å². The lowest BCUT2D eigenvalue weighted by atomic mass is 9.80. The van der Waals surface area contributed by atoms with E-state index in [4.69, 9.17) is 9.73 Å². The molecular weight excluding hydrogens is 474 g/mol. The molecule has 2 aliphatic rings. The first-order chi connectivity index (χ1) is 17.3. The zero-order chi connectivity index (χ0) is 25.2. The van der Waals surface area contributed by atoms with Gasteiger partial charge in [-0.1, -0.05) is 47.7 Å². The molecule has 2 aliphatic heterocycles. The number of anilines is 1. The molecule has 2 bridgehead atoms. The maximum absolute atomic E-state index is 13.8. The molecule has 0 aliphatic carbocycles. The number of benzene rings is 2. The third-order valence-electron chi connectivity index (χ3n) is 7.12. The molecule has 0 spiro atoms. The van der Waals surface area contributed by atoms with Crippen molar-refractivity contribution < 1.29 is 9.53 Å². The van der Waals surface area contributed by atoms with Crippen LogP contribution in [0, 0.1) is 19.8 Å². The Hall–Kier alpha value is -3.98. The van der Waals surface area contributed by atoms with E-state index >= 15 is 0 Å². The van der Waals surface area contributed by atoms with E-state index in [1.165, 1.54) is 11.3 Å². The summed E-state index contributed by atoms with van der Waals surface area (Å²) in [4.78, 5) is 33.1. The Kier molecular flexibility index (Phi) is 5.01. The molecule has 1 amide bonds. The monoisotopic (exact) mass is 499 g/mol. The second kappa shape index (κ2) is 8.03. The fourth-order valence-corrected chi connectivity index (χ4v) is 6.16. The van der Waals surface area contributed by atoms with E-state index in [-0.39, 0.29) is 11.5 Å². The second-order valence-corrected chi connectivity index (χ2v) is 10.4. The van der Waals surface area contributed by atoms with Gasteiger partial charge in [-0.3, -0.25) is 18.8 Å². The van der Waals surface area contributed by atoms with Crippen LogP contribution in [0.15, 0.2) is 64.5 Å². The highest BCUT2D eigenvalue weighted by molar-refractivity contribution is 7.07. The number of nitrogens with one attached hydrogen (secondary N) is 1. The molecule has 6 rings (SSSR count). The van der Waals surface area contributed by atoms with Crippen LogP contribution in [0.2, 0.25) is 0 Å². The molecule has 9 heteroatoms. The van der Waals surface area contributed by atoms with Crippen molar-refractivity contribution in [2.75, 3.05) is 5.32 Å². The molecule has 4 aromatic rings. The largest absolute Gasteiger partial charge is 0.465 e. The predicted molar refractivity (Wildman–Crippen MR) is 138 cm³/mol. The number of hydrogen-bond donors (Lipinski definition) is 1.